The van der Waals surface area contributed by atoms with Crippen molar-refractivity contribution in [2.24, 2.45) is 0 Å². The third-order valence-corrected chi connectivity index (χ3v) is 1.01. The number of carbonyl (C=O) groups is 1. The van der Waals surface area contributed by atoms with Gasteiger partial charge in [-0.05, 0) is 5.56 Å². The Hall–Kier alpha value is 0.650. The minimum atomic E-state index is -1.13. The van der Waals surface area contributed by atoms with E-state index in [1.165, 1.54) is 12.1 Å². The molecule has 0 aromatic heterocycles. The predicted octanol–water partition coefficient (Wildman–Crippen LogP) is -6.12. The Morgan fingerprint density at radius 1 is 1.08 bits per heavy atom. The van der Waals surface area contributed by atoms with Crippen LogP contribution in [-0.2, 0) is 0 Å². The summed E-state index contributed by atoms with van der Waals surface area (Å²) < 4.78 is 0. The summed E-state index contributed by atoms with van der Waals surface area (Å²) in [5, 5.41) is 10.1. The molecule has 12 heavy (non-hydrogen) atoms. The molecule has 0 heterocycles. The topological polar surface area (TPSA) is 70.1 Å². The molecule has 0 atom stereocenters. The van der Waals surface area contributed by atoms with Gasteiger partial charge < -0.3 is 15.4 Å². The molecule has 0 fully saturated rings. The van der Waals surface area contributed by atoms with Crippen LogP contribution in [0, 0.1) is 0 Å². The molecule has 0 bridgehead atoms. The summed E-state index contributed by atoms with van der Waals surface area (Å²) in [5.74, 6) is -1.13. The van der Waals surface area contributed by atoms with Gasteiger partial charge in [-0.15, -0.1) is 0 Å². The molecule has 0 aliphatic carbocycles. The first-order chi connectivity index (χ1) is 4.30. The fourth-order valence-corrected chi connectivity index (χ4v) is 0.574. The van der Waals surface area contributed by atoms with Crippen LogP contribution in [0.5, 0.6) is 0 Å². The van der Waals surface area contributed by atoms with Crippen molar-refractivity contribution in [2.75, 3.05) is 0 Å². The number of carboxylic acids is 1. The predicted molar refractivity (Wildman–Crippen MR) is 32.7 cm³/mol. The fourth-order valence-electron chi connectivity index (χ4n) is 0.574. The van der Waals surface area contributed by atoms with E-state index in [9.17, 15) is 9.90 Å². The first kappa shape index (κ1) is 18.4. The van der Waals surface area contributed by atoms with Crippen molar-refractivity contribution in [1.29, 1.82) is 0 Å². The van der Waals surface area contributed by atoms with Gasteiger partial charge in [-0.25, -0.2) is 0 Å². The van der Waals surface area contributed by atoms with Gasteiger partial charge in [-0.3, -0.25) is 0 Å². The molecule has 1 N–H and O–H groups in total. The maximum Gasteiger partial charge on any atom is 1.00 e. The van der Waals surface area contributed by atoms with E-state index in [1.807, 2.05) is 0 Å². The maximum absolute atomic E-state index is 10.1. The molecule has 1 aromatic carbocycles. The fraction of sp³-hybridized carbons (Fsp3) is 0. The Labute approximate surface area is 115 Å². The van der Waals surface area contributed by atoms with Crippen LogP contribution in [0.15, 0.2) is 30.3 Å². The van der Waals surface area contributed by atoms with Gasteiger partial charge in [0.25, 0.3) is 0 Å². The molecule has 0 radical (unpaired) electrons. The van der Waals surface area contributed by atoms with E-state index in [0.29, 0.717) is 0 Å². The number of hydrogen-bond acceptors (Lipinski definition) is 3. The third-order valence-electron chi connectivity index (χ3n) is 1.01. The van der Waals surface area contributed by atoms with Crippen molar-refractivity contribution in [3.05, 3.63) is 35.9 Å². The summed E-state index contributed by atoms with van der Waals surface area (Å²) >= 11 is 0. The zero-order valence-corrected chi connectivity index (χ0v) is 11.2. The summed E-state index contributed by atoms with van der Waals surface area (Å²) in [6.07, 6.45) is 0. The Morgan fingerprint density at radius 2 is 1.50 bits per heavy atom. The minimum Gasteiger partial charge on any atom is -0.870 e. The van der Waals surface area contributed by atoms with E-state index in [0.717, 1.165) is 0 Å². The van der Waals surface area contributed by atoms with Crippen LogP contribution in [0.3, 0.4) is 0 Å². The van der Waals surface area contributed by atoms with Crippen molar-refractivity contribution in [1.82, 2.24) is 0 Å². The van der Waals surface area contributed by atoms with Gasteiger partial charge >= 0.3 is 59.1 Å². The maximum atomic E-state index is 10.1. The van der Waals surface area contributed by atoms with Crippen LogP contribution in [0.4, 0.5) is 0 Å². The Kier molecular flexibility index (Phi) is 15.0. The zero-order chi connectivity index (χ0) is 6.69. The molecule has 0 spiro atoms. The van der Waals surface area contributed by atoms with Crippen LogP contribution in [0.2, 0.25) is 0 Å². The first-order valence-electron chi connectivity index (χ1n) is 2.57. The number of rotatable bonds is 1. The quantitative estimate of drug-likeness (QED) is 0.408. The SMILES string of the molecule is O=C([O-])c1ccccc1.[Na+].[Na+].[OH-]. The van der Waals surface area contributed by atoms with Gasteiger partial charge in [-0.1, -0.05) is 30.3 Å². The first-order valence-corrected chi connectivity index (χ1v) is 2.57. The minimum absolute atomic E-state index is 0. The Morgan fingerprint density at radius 3 is 1.75 bits per heavy atom. The summed E-state index contributed by atoms with van der Waals surface area (Å²) in [7, 11) is 0. The number of aromatic carboxylic acids is 1. The average molecular weight is 184 g/mol. The van der Waals surface area contributed by atoms with Crippen molar-refractivity contribution >= 4 is 5.97 Å². The molecule has 0 amide bonds. The second-order valence-electron chi connectivity index (χ2n) is 1.65. The molecule has 0 unspecified atom stereocenters. The van der Waals surface area contributed by atoms with Gasteiger partial charge in [0.1, 0.15) is 0 Å². The molecule has 3 nitrogen and oxygen atoms in total. The monoisotopic (exact) mass is 184 g/mol. The number of hydrogen-bond donors (Lipinski definition) is 0. The molecule has 0 aliphatic heterocycles. The molecule has 0 aliphatic rings. The largest absolute Gasteiger partial charge is 1.00 e. The molecule has 0 saturated heterocycles. The van der Waals surface area contributed by atoms with Crippen molar-refractivity contribution in [3.8, 4) is 0 Å². The number of benzene rings is 1. The summed E-state index contributed by atoms with van der Waals surface area (Å²) in [6.45, 7) is 0. The Balaban J connectivity index is -0.000000270. The summed E-state index contributed by atoms with van der Waals surface area (Å²) in [6, 6.07) is 8.06. The van der Waals surface area contributed by atoms with Crippen molar-refractivity contribution < 1.29 is 74.5 Å². The molecule has 1 rings (SSSR count). The van der Waals surface area contributed by atoms with Gasteiger partial charge in [0.05, 0.1) is 5.97 Å². The molecule has 1 aromatic rings. The molecule has 5 heteroatoms. The average Bonchev–Trinajstić information content (AvgIpc) is 1.90. The van der Waals surface area contributed by atoms with Gasteiger partial charge in [0.15, 0.2) is 0 Å². The van der Waals surface area contributed by atoms with Crippen LogP contribution in [-0.4, -0.2) is 11.4 Å². The smallest absolute Gasteiger partial charge is 0.870 e. The van der Waals surface area contributed by atoms with E-state index in [2.05, 4.69) is 0 Å². The molecular weight excluding hydrogens is 178 g/mol. The van der Waals surface area contributed by atoms with E-state index in [4.69, 9.17) is 0 Å². The van der Waals surface area contributed by atoms with Crippen LogP contribution in [0.25, 0.3) is 0 Å². The molecule has 54 valence electrons. The summed E-state index contributed by atoms with van der Waals surface area (Å²) in [5.41, 5.74) is 0.220. The van der Waals surface area contributed by atoms with E-state index in [-0.39, 0.29) is 70.2 Å². The normalized spacial score (nSPS) is 6.67. The van der Waals surface area contributed by atoms with Crippen molar-refractivity contribution in [3.63, 3.8) is 0 Å². The van der Waals surface area contributed by atoms with E-state index >= 15 is 0 Å². The van der Waals surface area contributed by atoms with Crippen molar-refractivity contribution in [2.45, 2.75) is 0 Å². The summed E-state index contributed by atoms with van der Waals surface area (Å²) in [4.78, 5) is 10.1. The number of carbonyl (C=O) groups excluding carboxylic acids is 1. The van der Waals surface area contributed by atoms with E-state index < -0.39 is 5.97 Å². The van der Waals surface area contributed by atoms with Crippen LogP contribution < -0.4 is 64.2 Å². The Bertz CT molecular complexity index is 213. The van der Waals surface area contributed by atoms with Gasteiger partial charge in [0.2, 0.25) is 0 Å². The number of carboxylic acid groups (broad SMARTS) is 1. The van der Waals surface area contributed by atoms with Crippen LogP contribution in [0.1, 0.15) is 10.4 Å². The second kappa shape index (κ2) is 9.74. The van der Waals surface area contributed by atoms with Crippen LogP contribution >= 0.6 is 0 Å². The standard InChI is InChI=1S/C7H6O2.2Na.H2O/c8-7(9)6-4-2-1-3-5-6;;;/h1-5H,(H,8,9);;;1H2/q;2*+1;/p-2. The molecule has 0 saturated carbocycles. The third kappa shape index (κ3) is 6.20. The van der Waals surface area contributed by atoms with Gasteiger partial charge in [0, 0.05) is 0 Å². The molecular formula is C7H6Na2O3. The van der Waals surface area contributed by atoms with E-state index in [1.54, 1.807) is 18.2 Å². The van der Waals surface area contributed by atoms with Gasteiger partial charge in [-0.2, -0.15) is 0 Å². The zero-order valence-electron chi connectivity index (χ0n) is 7.15. The second-order valence-corrected chi connectivity index (χ2v) is 1.65.